The van der Waals surface area contributed by atoms with E-state index in [0.717, 1.165) is 13.1 Å². The van der Waals surface area contributed by atoms with Crippen molar-refractivity contribution in [3.8, 4) is 0 Å². The van der Waals surface area contributed by atoms with E-state index in [1.54, 1.807) is 0 Å². The maximum absolute atomic E-state index is 3.88. The van der Waals surface area contributed by atoms with E-state index in [0.29, 0.717) is 6.04 Å². The third-order valence-corrected chi connectivity index (χ3v) is 1.29. The predicted octanol–water partition coefficient (Wildman–Crippen LogP) is -0.256. The second-order valence-electron chi connectivity index (χ2n) is 1.83. The van der Waals surface area contributed by atoms with Crippen molar-refractivity contribution in [2.45, 2.75) is 12.5 Å². The van der Waals surface area contributed by atoms with Crippen molar-refractivity contribution in [1.29, 1.82) is 0 Å². The molecule has 0 saturated carbocycles. The predicted molar refractivity (Wildman–Crippen MR) is 28.8 cm³/mol. The summed E-state index contributed by atoms with van der Waals surface area (Å²) in [5.74, 6) is 0. The van der Waals surface area contributed by atoms with Gasteiger partial charge >= 0.3 is 0 Å². The molecule has 0 spiro atoms. The molecule has 41 valence electrons. The highest BCUT2D eigenvalue weighted by Gasteiger charge is 2.08. The molecule has 1 radical (unpaired) electrons. The summed E-state index contributed by atoms with van der Waals surface area (Å²) < 4.78 is 0. The number of hydrogen-bond donors (Lipinski definition) is 1. The Balaban J connectivity index is 2.14. The standard InChI is InChI=1S/C5H10N2/c1-6-5-2-3-7-4-5/h5,7H,1-4H2/q-1/t5-/m0/s1. The van der Waals surface area contributed by atoms with Crippen molar-refractivity contribution in [2.24, 2.45) is 0 Å². The van der Waals surface area contributed by atoms with E-state index >= 15 is 0 Å². The van der Waals surface area contributed by atoms with E-state index in [9.17, 15) is 0 Å². The first kappa shape index (κ1) is 5.06. The smallest absolute Gasteiger partial charge is 0.00945 e. The van der Waals surface area contributed by atoms with Gasteiger partial charge in [-0.1, -0.05) is 0 Å². The van der Waals surface area contributed by atoms with Gasteiger partial charge in [-0.3, -0.25) is 7.05 Å². The zero-order valence-electron chi connectivity index (χ0n) is 4.35. The Hall–Kier alpha value is -0.0800. The van der Waals surface area contributed by atoms with Gasteiger partial charge in [0.25, 0.3) is 0 Å². The lowest BCUT2D eigenvalue weighted by Crippen LogP contribution is -2.19. The molecule has 2 nitrogen and oxygen atoms in total. The third kappa shape index (κ3) is 1.14. The number of rotatable bonds is 1. The fourth-order valence-corrected chi connectivity index (χ4v) is 0.795. The van der Waals surface area contributed by atoms with Crippen LogP contribution in [-0.4, -0.2) is 19.1 Å². The van der Waals surface area contributed by atoms with E-state index < -0.39 is 0 Å². The fraction of sp³-hybridized carbons (Fsp3) is 0.800. The molecule has 0 amide bonds. The molecule has 0 aromatic rings. The highest BCUT2D eigenvalue weighted by atomic mass is 15.0. The molecule has 0 aromatic carbocycles. The highest BCUT2D eigenvalue weighted by Crippen LogP contribution is 1.95. The summed E-state index contributed by atoms with van der Waals surface area (Å²) in [4.78, 5) is 0. The van der Waals surface area contributed by atoms with Gasteiger partial charge in [-0.05, 0) is 13.0 Å². The van der Waals surface area contributed by atoms with E-state index in [1.807, 2.05) is 0 Å². The molecule has 0 aromatic heterocycles. The van der Waals surface area contributed by atoms with Crippen molar-refractivity contribution in [1.82, 2.24) is 10.6 Å². The first-order chi connectivity index (χ1) is 3.43. The quantitative estimate of drug-likeness (QED) is 0.449. The normalized spacial score (nSPS) is 31.3. The molecule has 1 aliphatic rings. The Kier molecular flexibility index (Phi) is 1.65. The van der Waals surface area contributed by atoms with Crippen LogP contribution in [0.15, 0.2) is 0 Å². The van der Waals surface area contributed by atoms with Crippen LogP contribution in [0.5, 0.6) is 0 Å². The summed E-state index contributed by atoms with van der Waals surface area (Å²) in [6, 6.07) is 0.500. The summed E-state index contributed by atoms with van der Waals surface area (Å²) in [7, 11) is 3.45. The minimum absolute atomic E-state index is 0.500. The van der Waals surface area contributed by atoms with E-state index in [1.165, 1.54) is 6.42 Å². The molecule has 1 fully saturated rings. The molecule has 0 unspecified atom stereocenters. The summed E-state index contributed by atoms with van der Waals surface area (Å²) in [5, 5.41) is 7.06. The number of hydrogen-bond acceptors (Lipinski definition) is 1. The van der Waals surface area contributed by atoms with Crippen molar-refractivity contribution >= 4 is 0 Å². The SMILES string of the molecule is [CH2-][N][C@H]1CCNC1. The van der Waals surface area contributed by atoms with Crippen molar-refractivity contribution in [2.75, 3.05) is 13.1 Å². The zero-order valence-corrected chi connectivity index (χ0v) is 4.35. The molecule has 0 aliphatic carbocycles. The fourth-order valence-electron chi connectivity index (χ4n) is 0.795. The van der Waals surface area contributed by atoms with E-state index in [4.69, 9.17) is 0 Å². The number of nitrogens with one attached hydrogen (secondary N) is 1. The Labute approximate surface area is 44.3 Å². The van der Waals surface area contributed by atoms with Gasteiger partial charge in [0.1, 0.15) is 0 Å². The lowest BCUT2D eigenvalue weighted by molar-refractivity contribution is 0.625. The zero-order chi connectivity index (χ0) is 5.11. The molecule has 1 rings (SSSR count). The molecule has 1 aliphatic heterocycles. The number of nitrogens with zero attached hydrogens (tertiary/aromatic N) is 1. The van der Waals surface area contributed by atoms with E-state index in [2.05, 4.69) is 17.7 Å². The van der Waals surface area contributed by atoms with Gasteiger partial charge in [-0.15, -0.1) is 0 Å². The molecule has 1 N–H and O–H groups in total. The van der Waals surface area contributed by atoms with Crippen LogP contribution in [0.4, 0.5) is 0 Å². The van der Waals surface area contributed by atoms with Gasteiger partial charge in [-0.2, -0.15) is 0 Å². The van der Waals surface area contributed by atoms with Crippen LogP contribution >= 0.6 is 0 Å². The van der Waals surface area contributed by atoms with Crippen LogP contribution in [0.2, 0.25) is 0 Å². The Bertz CT molecular complexity index is 48.0. The topological polar surface area (TPSA) is 26.1 Å². The van der Waals surface area contributed by atoms with Crippen molar-refractivity contribution in [3.63, 3.8) is 0 Å². The molecular formula is C5H10N2-. The summed E-state index contributed by atoms with van der Waals surface area (Å²) in [6.45, 7) is 2.15. The lowest BCUT2D eigenvalue weighted by Gasteiger charge is -2.07. The maximum Gasteiger partial charge on any atom is 0.00945 e. The van der Waals surface area contributed by atoms with Crippen LogP contribution in [0.3, 0.4) is 0 Å². The Morgan fingerprint density at radius 2 is 2.57 bits per heavy atom. The van der Waals surface area contributed by atoms with Crippen LogP contribution in [0, 0.1) is 7.05 Å². The second kappa shape index (κ2) is 2.28. The molecule has 1 atom stereocenters. The van der Waals surface area contributed by atoms with Gasteiger partial charge in [0.2, 0.25) is 0 Å². The minimum atomic E-state index is 0.500. The molecule has 1 heterocycles. The largest absolute Gasteiger partial charge is 0.420 e. The minimum Gasteiger partial charge on any atom is -0.420 e. The van der Waals surface area contributed by atoms with Crippen LogP contribution in [0.25, 0.3) is 0 Å². The van der Waals surface area contributed by atoms with Crippen molar-refractivity contribution in [3.05, 3.63) is 7.05 Å². The molecule has 7 heavy (non-hydrogen) atoms. The summed E-state index contributed by atoms with van der Waals surface area (Å²) in [5.41, 5.74) is 0. The monoisotopic (exact) mass is 98.1 g/mol. The first-order valence-electron chi connectivity index (χ1n) is 2.60. The van der Waals surface area contributed by atoms with Crippen LogP contribution < -0.4 is 10.6 Å². The summed E-state index contributed by atoms with van der Waals surface area (Å²) >= 11 is 0. The first-order valence-corrected chi connectivity index (χ1v) is 2.60. The average molecular weight is 98.1 g/mol. The van der Waals surface area contributed by atoms with Crippen LogP contribution in [0.1, 0.15) is 6.42 Å². The Morgan fingerprint density at radius 1 is 1.71 bits per heavy atom. The van der Waals surface area contributed by atoms with Gasteiger partial charge in [-0.25, -0.2) is 0 Å². The summed E-state index contributed by atoms with van der Waals surface area (Å²) in [6.07, 6.45) is 1.17. The Morgan fingerprint density at radius 3 is 2.86 bits per heavy atom. The van der Waals surface area contributed by atoms with Crippen molar-refractivity contribution < 1.29 is 0 Å². The third-order valence-electron chi connectivity index (χ3n) is 1.29. The average Bonchev–Trinajstić information content (AvgIpc) is 2.14. The van der Waals surface area contributed by atoms with Gasteiger partial charge in [0, 0.05) is 12.6 Å². The maximum atomic E-state index is 3.88. The van der Waals surface area contributed by atoms with Gasteiger partial charge in [0.05, 0.1) is 0 Å². The van der Waals surface area contributed by atoms with Gasteiger partial charge in [0.15, 0.2) is 0 Å². The highest BCUT2D eigenvalue weighted by molar-refractivity contribution is 4.75. The molecular weight excluding hydrogens is 88.1 g/mol. The van der Waals surface area contributed by atoms with Gasteiger partial charge < -0.3 is 10.6 Å². The van der Waals surface area contributed by atoms with Crippen LogP contribution in [-0.2, 0) is 0 Å². The van der Waals surface area contributed by atoms with E-state index in [-0.39, 0.29) is 0 Å². The molecule has 1 saturated heterocycles. The molecule has 2 heteroatoms. The second-order valence-corrected chi connectivity index (χ2v) is 1.83. The molecule has 0 bridgehead atoms. The lowest BCUT2D eigenvalue weighted by atomic mass is 10.3.